The third kappa shape index (κ3) is 5.84. The van der Waals surface area contributed by atoms with Crippen LogP contribution in [0.2, 0.25) is 0 Å². The molecule has 0 bridgehead atoms. The summed E-state index contributed by atoms with van der Waals surface area (Å²) < 4.78 is 0. The summed E-state index contributed by atoms with van der Waals surface area (Å²) in [5, 5.41) is 22.4. The van der Waals surface area contributed by atoms with Gasteiger partial charge in [-0.1, -0.05) is 33.8 Å². The maximum Gasteiger partial charge on any atom is 0.159 e. The topological polar surface area (TPSA) is 67.4 Å². The summed E-state index contributed by atoms with van der Waals surface area (Å²) >= 11 is 0. The molecular weight excluding hydrogens is 338 g/mol. The van der Waals surface area contributed by atoms with Crippen LogP contribution in [-0.4, -0.2) is 70.9 Å². The summed E-state index contributed by atoms with van der Waals surface area (Å²) in [6.07, 6.45) is 2.98. The van der Waals surface area contributed by atoms with Crippen molar-refractivity contribution in [2.24, 2.45) is 0 Å². The quantitative estimate of drug-likeness (QED) is 0.466. The number of anilines is 1. The Bertz CT molecular complexity index is 677. The lowest BCUT2D eigenvalue weighted by Crippen LogP contribution is -2.25. The highest BCUT2D eigenvalue weighted by Gasteiger charge is 2.14. The molecule has 6 nitrogen and oxygen atoms in total. The van der Waals surface area contributed by atoms with Crippen molar-refractivity contribution in [1.29, 1.82) is 0 Å². The van der Waals surface area contributed by atoms with Crippen LogP contribution in [0.1, 0.15) is 46.1 Å². The summed E-state index contributed by atoms with van der Waals surface area (Å²) in [5.74, 6) is 1.12. The molecule has 0 amide bonds. The van der Waals surface area contributed by atoms with Crippen molar-refractivity contribution < 1.29 is 5.11 Å². The maximum atomic E-state index is 10.8. The van der Waals surface area contributed by atoms with Crippen molar-refractivity contribution in [2.45, 2.75) is 47.0 Å². The van der Waals surface area contributed by atoms with Gasteiger partial charge in [0, 0.05) is 6.54 Å². The van der Waals surface area contributed by atoms with Crippen LogP contribution in [0.4, 0.5) is 5.82 Å². The van der Waals surface area contributed by atoms with E-state index in [9.17, 15) is 5.11 Å². The number of fused-ring (bicyclic) bond motifs is 1. The van der Waals surface area contributed by atoms with E-state index in [2.05, 4.69) is 53.0 Å². The number of rotatable bonds is 13. The van der Waals surface area contributed by atoms with Gasteiger partial charge >= 0.3 is 0 Å². The van der Waals surface area contributed by atoms with Gasteiger partial charge in [-0.15, -0.1) is 0 Å². The van der Waals surface area contributed by atoms with E-state index in [-0.39, 0.29) is 0 Å². The molecule has 0 fully saturated rings. The number of hydrogen-bond donors (Lipinski definition) is 3. The van der Waals surface area contributed by atoms with Crippen LogP contribution < -0.4 is 5.32 Å². The molecule has 1 heterocycles. The Morgan fingerprint density at radius 1 is 0.963 bits per heavy atom. The molecule has 3 N–H and O–H groups in total. The predicted octanol–water partition coefficient (Wildman–Crippen LogP) is 3.69. The molecule has 0 atom stereocenters. The van der Waals surface area contributed by atoms with Gasteiger partial charge in [0.15, 0.2) is 5.82 Å². The van der Waals surface area contributed by atoms with Gasteiger partial charge < -0.3 is 20.2 Å². The molecule has 1 aromatic heterocycles. The summed E-state index contributed by atoms with van der Waals surface area (Å²) in [4.78, 5) is 4.83. The minimum absolute atomic E-state index is 0.368. The first kappa shape index (κ1) is 21.5. The van der Waals surface area contributed by atoms with Crippen LogP contribution in [0.15, 0.2) is 12.1 Å². The lowest BCUT2D eigenvalue weighted by Gasteiger charge is -2.18. The van der Waals surface area contributed by atoms with Crippen LogP contribution in [0.3, 0.4) is 0 Å². The average Bonchev–Trinajstić information content (AvgIpc) is 3.11. The van der Waals surface area contributed by atoms with E-state index in [0.29, 0.717) is 5.75 Å². The molecule has 6 heteroatoms. The predicted molar refractivity (Wildman–Crippen MR) is 115 cm³/mol. The highest BCUT2D eigenvalue weighted by molar-refractivity contribution is 5.95. The van der Waals surface area contributed by atoms with Crippen molar-refractivity contribution in [1.82, 2.24) is 20.0 Å². The summed E-state index contributed by atoms with van der Waals surface area (Å²) in [6, 6.07) is 4.04. The standard InChI is InChI=1S/C21H37N5O/c1-5-25(6-2)15-9-11-17-12-13-18-19(20(17)27)21(24-23-18)22-14-10-16-26(7-3)8-4/h12-13,27H,5-11,14-16H2,1-4H3,(H2,22,23,24). The highest BCUT2D eigenvalue weighted by atomic mass is 16.3. The number of benzene rings is 1. The third-order valence-corrected chi connectivity index (χ3v) is 5.44. The van der Waals surface area contributed by atoms with Crippen molar-refractivity contribution in [3.8, 4) is 5.75 Å². The normalized spacial score (nSPS) is 11.8. The number of nitrogens with zero attached hydrogens (tertiary/aromatic N) is 3. The van der Waals surface area contributed by atoms with E-state index in [1.807, 2.05) is 12.1 Å². The van der Waals surface area contributed by atoms with Crippen LogP contribution in [0, 0.1) is 0 Å². The van der Waals surface area contributed by atoms with E-state index in [1.54, 1.807) is 0 Å². The number of hydrogen-bond acceptors (Lipinski definition) is 5. The van der Waals surface area contributed by atoms with Crippen LogP contribution in [-0.2, 0) is 6.42 Å². The first-order valence-corrected chi connectivity index (χ1v) is 10.5. The third-order valence-electron chi connectivity index (χ3n) is 5.44. The largest absolute Gasteiger partial charge is 0.507 e. The number of aryl methyl sites for hydroxylation is 1. The van der Waals surface area contributed by atoms with Crippen molar-refractivity contribution in [2.75, 3.05) is 51.1 Å². The molecular formula is C21H37N5O. The second kappa shape index (κ2) is 11.1. The number of phenolic OH excluding ortho intramolecular Hbond substituents is 1. The van der Waals surface area contributed by atoms with Crippen LogP contribution >= 0.6 is 0 Å². The Balaban J connectivity index is 1.98. The van der Waals surface area contributed by atoms with E-state index >= 15 is 0 Å². The minimum atomic E-state index is 0.368. The minimum Gasteiger partial charge on any atom is -0.507 e. The fraction of sp³-hybridized carbons (Fsp3) is 0.667. The van der Waals surface area contributed by atoms with Gasteiger partial charge in [0.1, 0.15) is 5.75 Å². The number of aromatic nitrogens is 2. The molecule has 2 rings (SSSR count). The fourth-order valence-electron chi connectivity index (χ4n) is 3.55. The summed E-state index contributed by atoms with van der Waals surface area (Å²) in [7, 11) is 0. The number of aromatic amines is 1. The fourth-order valence-corrected chi connectivity index (χ4v) is 3.55. The van der Waals surface area contributed by atoms with E-state index in [0.717, 1.165) is 87.4 Å². The van der Waals surface area contributed by atoms with Crippen LogP contribution in [0.25, 0.3) is 10.9 Å². The van der Waals surface area contributed by atoms with Gasteiger partial charge in [-0.2, -0.15) is 5.10 Å². The van der Waals surface area contributed by atoms with Gasteiger partial charge in [0.05, 0.1) is 10.9 Å². The zero-order valence-electron chi connectivity index (χ0n) is 17.5. The van der Waals surface area contributed by atoms with E-state index in [1.165, 1.54) is 0 Å². The SMILES string of the molecule is CCN(CC)CCCNc1n[nH]c2ccc(CCCN(CC)CC)c(O)c12. The first-order chi connectivity index (χ1) is 13.1. The molecule has 1 aromatic carbocycles. The lowest BCUT2D eigenvalue weighted by atomic mass is 10.1. The molecule has 0 saturated heterocycles. The van der Waals surface area contributed by atoms with Gasteiger partial charge in [0.2, 0.25) is 0 Å². The molecule has 0 unspecified atom stereocenters. The molecule has 0 spiro atoms. The highest BCUT2D eigenvalue weighted by Crippen LogP contribution is 2.33. The molecule has 0 aliphatic carbocycles. The van der Waals surface area contributed by atoms with Gasteiger partial charge in [0.25, 0.3) is 0 Å². The van der Waals surface area contributed by atoms with Gasteiger partial charge in [-0.25, -0.2) is 0 Å². The second-order valence-corrected chi connectivity index (χ2v) is 7.01. The molecule has 0 aliphatic rings. The van der Waals surface area contributed by atoms with E-state index in [4.69, 9.17) is 0 Å². The number of H-pyrrole nitrogens is 1. The zero-order chi connectivity index (χ0) is 19.6. The van der Waals surface area contributed by atoms with Crippen LogP contribution in [0.5, 0.6) is 5.75 Å². The van der Waals surface area contributed by atoms with Crippen molar-refractivity contribution >= 4 is 16.7 Å². The van der Waals surface area contributed by atoms with Crippen molar-refractivity contribution in [3.63, 3.8) is 0 Å². The van der Waals surface area contributed by atoms with Gasteiger partial charge in [-0.05, 0) is 70.2 Å². The molecule has 2 aromatic rings. The Morgan fingerprint density at radius 3 is 2.22 bits per heavy atom. The van der Waals surface area contributed by atoms with Crippen molar-refractivity contribution in [3.05, 3.63) is 17.7 Å². The Hall–Kier alpha value is -1.79. The first-order valence-electron chi connectivity index (χ1n) is 10.5. The summed E-state index contributed by atoms with van der Waals surface area (Å²) in [6.45, 7) is 16.1. The Labute approximate surface area is 163 Å². The Morgan fingerprint density at radius 2 is 1.59 bits per heavy atom. The molecule has 0 radical (unpaired) electrons. The number of aromatic hydroxyl groups is 1. The monoisotopic (exact) mass is 375 g/mol. The Kier molecular flexibility index (Phi) is 8.88. The van der Waals surface area contributed by atoms with E-state index < -0.39 is 0 Å². The zero-order valence-corrected chi connectivity index (χ0v) is 17.5. The second-order valence-electron chi connectivity index (χ2n) is 7.01. The van der Waals surface area contributed by atoms with Gasteiger partial charge in [-0.3, -0.25) is 5.10 Å². The molecule has 152 valence electrons. The molecule has 27 heavy (non-hydrogen) atoms. The number of phenols is 1. The maximum absolute atomic E-state index is 10.8. The number of nitrogens with one attached hydrogen (secondary N) is 2. The average molecular weight is 376 g/mol. The lowest BCUT2D eigenvalue weighted by molar-refractivity contribution is 0.299. The molecule has 0 aliphatic heterocycles. The summed E-state index contributed by atoms with van der Waals surface area (Å²) in [5.41, 5.74) is 1.88. The smallest absolute Gasteiger partial charge is 0.159 e. The molecule has 0 saturated carbocycles.